The Kier molecular flexibility index (Phi) is 3.29. The molecule has 0 amide bonds. The number of carboxylic acid groups (broad SMARTS) is 1. The maximum absolute atomic E-state index is 10.9. The van der Waals surface area contributed by atoms with Crippen molar-refractivity contribution in [1.29, 1.82) is 0 Å². The molecule has 0 fully saturated rings. The Balaban J connectivity index is 2.11. The van der Waals surface area contributed by atoms with E-state index in [-0.39, 0.29) is 11.5 Å². The van der Waals surface area contributed by atoms with Crippen LogP contribution in [-0.2, 0) is 6.54 Å². The predicted octanol–water partition coefficient (Wildman–Crippen LogP) is 1.55. The zero-order valence-electron chi connectivity index (χ0n) is 9.04. The molecule has 0 saturated heterocycles. The van der Waals surface area contributed by atoms with E-state index in [2.05, 4.69) is 20.3 Å². The Morgan fingerprint density at radius 1 is 1.41 bits per heavy atom. The Bertz CT molecular complexity index is 541. The normalized spacial score (nSPS) is 10.2. The molecule has 2 heterocycles. The number of nitrogens with one attached hydrogen (secondary N) is 1. The molecule has 0 aliphatic rings. The number of thiazole rings is 1. The third-order valence-corrected chi connectivity index (χ3v) is 2.89. The first-order valence-corrected chi connectivity index (χ1v) is 5.68. The summed E-state index contributed by atoms with van der Waals surface area (Å²) in [6.45, 7) is 2.41. The van der Waals surface area contributed by atoms with Crippen molar-refractivity contribution in [3.8, 4) is 0 Å². The summed E-state index contributed by atoms with van der Waals surface area (Å²) in [7, 11) is 0. The van der Waals surface area contributed by atoms with Crippen LogP contribution in [0.4, 0.5) is 5.82 Å². The molecule has 0 atom stereocenters. The quantitative estimate of drug-likeness (QED) is 0.856. The predicted molar refractivity (Wildman–Crippen MR) is 63.2 cm³/mol. The van der Waals surface area contributed by atoms with E-state index in [1.807, 2.05) is 6.92 Å². The molecule has 2 N–H and O–H groups in total. The highest BCUT2D eigenvalue weighted by Gasteiger charge is 2.12. The molecule has 2 aromatic heterocycles. The first-order valence-electron chi connectivity index (χ1n) is 4.86. The van der Waals surface area contributed by atoms with Crippen LogP contribution in [0.2, 0.25) is 0 Å². The van der Waals surface area contributed by atoms with Gasteiger partial charge in [-0.05, 0) is 6.92 Å². The fourth-order valence-electron chi connectivity index (χ4n) is 1.27. The monoisotopic (exact) mass is 250 g/mol. The molecule has 0 aromatic carbocycles. The highest BCUT2D eigenvalue weighted by Crippen LogP contribution is 2.14. The van der Waals surface area contributed by atoms with Crippen molar-refractivity contribution in [2.75, 3.05) is 5.32 Å². The summed E-state index contributed by atoms with van der Waals surface area (Å²) in [5.74, 6) is -0.844. The van der Waals surface area contributed by atoms with Gasteiger partial charge in [0.1, 0.15) is 5.01 Å². The first-order chi connectivity index (χ1) is 8.16. The minimum atomic E-state index is -1.10. The van der Waals surface area contributed by atoms with Crippen molar-refractivity contribution in [2.45, 2.75) is 13.5 Å². The maximum atomic E-state index is 10.9. The van der Waals surface area contributed by atoms with Gasteiger partial charge < -0.3 is 10.4 Å². The van der Waals surface area contributed by atoms with E-state index in [9.17, 15) is 4.79 Å². The largest absolute Gasteiger partial charge is 0.476 e. The first kappa shape index (κ1) is 11.5. The third-order valence-electron chi connectivity index (χ3n) is 1.98. The van der Waals surface area contributed by atoms with Gasteiger partial charge in [0.2, 0.25) is 0 Å². The summed E-state index contributed by atoms with van der Waals surface area (Å²) in [4.78, 5) is 23.9. The van der Waals surface area contributed by atoms with Crippen molar-refractivity contribution in [3.05, 3.63) is 34.2 Å². The molecule has 88 valence electrons. The Morgan fingerprint density at radius 2 is 2.18 bits per heavy atom. The summed E-state index contributed by atoms with van der Waals surface area (Å²) in [5.41, 5.74) is -0.0826. The highest BCUT2D eigenvalue weighted by atomic mass is 32.1. The Morgan fingerprint density at radius 3 is 2.82 bits per heavy atom. The van der Waals surface area contributed by atoms with Gasteiger partial charge in [-0.1, -0.05) is 0 Å². The Hall–Kier alpha value is -2.02. The van der Waals surface area contributed by atoms with Gasteiger partial charge in [-0.3, -0.25) is 0 Å². The van der Waals surface area contributed by atoms with Crippen LogP contribution in [-0.4, -0.2) is 26.0 Å². The topological polar surface area (TPSA) is 88.0 Å². The third kappa shape index (κ3) is 2.76. The molecular weight excluding hydrogens is 240 g/mol. The summed E-state index contributed by atoms with van der Waals surface area (Å²) >= 11 is 1.55. The van der Waals surface area contributed by atoms with Crippen LogP contribution in [0.3, 0.4) is 0 Å². The smallest absolute Gasteiger partial charge is 0.358 e. The number of aromatic nitrogens is 3. The molecule has 0 aliphatic carbocycles. The maximum Gasteiger partial charge on any atom is 0.358 e. The van der Waals surface area contributed by atoms with Crippen LogP contribution in [0, 0.1) is 6.92 Å². The average molecular weight is 250 g/mol. The van der Waals surface area contributed by atoms with Gasteiger partial charge in [0, 0.05) is 23.5 Å². The van der Waals surface area contributed by atoms with Gasteiger partial charge in [0.05, 0.1) is 6.54 Å². The lowest BCUT2D eigenvalue weighted by molar-refractivity contribution is 0.0691. The number of aryl methyl sites for hydroxylation is 1. The van der Waals surface area contributed by atoms with Gasteiger partial charge in [-0.2, -0.15) is 0 Å². The van der Waals surface area contributed by atoms with Gasteiger partial charge >= 0.3 is 5.97 Å². The standard InChI is InChI=1S/C10H10N4O2S/c1-6-4-13-7(17-6)5-14-9-8(10(15)16)11-2-3-12-9/h2-4H,5H2,1H3,(H,12,14)(H,15,16). The van der Waals surface area contributed by atoms with E-state index in [1.54, 1.807) is 17.5 Å². The molecule has 2 rings (SSSR count). The van der Waals surface area contributed by atoms with E-state index < -0.39 is 5.97 Å². The number of aromatic carboxylic acids is 1. The van der Waals surface area contributed by atoms with Crippen molar-refractivity contribution in [2.24, 2.45) is 0 Å². The van der Waals surface area contributed by atoms with Crippen molar-refractivity contribution in [3.63, 3.8) is 0 Å². The van der Waals surface area contributed by atoms with Crippen LogP contribution >= 0.6 is 11.3 Å². The molecule has 0 radical (unpaired) electrons. The molecule has 6 nitrogen and oxygen atoms in total. The highest BCUT2D eigenvalue weighted by molar-refractivity contribution is 7.11. The molecule has 17 heavy (non-hydrogen) atoms. The molecule has 0 aliphatic heterocycles. The summed E-state index contributed by atoms with van der Waals surface area (Å²) in [5, 5.41) is 12.7. The van der Waals surface area contributed by atoms with Crippen molar-refractivity contribution < 1.29 is 9.90 Å². The van der Waals surface area contributed by atoms with E-state index in [4.69, 9.17) is 5.11 Å². The summed E-state index contributed by atoms with van der Waals surface area (Å²) in [6.07, 6.45) is 4.57. The fraction of sp³-hybridized carbons (Fsp3) is 0.200. The molecule has 0 saturated carbocycles. The summed E-state index contributed by atoms with van der Waals surface area (Å²) in [6, 6.07) is 0. The van der Waals surface area contributed by atoms with Crippen LogP contribution in [0.5, 0.6) is 0 Å². The number of carbonyl (C=O) groups is 1. The molecule has 2 aromatic rings. The van der Waals surface area contributed by atoms with Crippen LogP contribution in [0.1, 0.15) is 20.4 Å². The van der Waals surface area contributed by atoms with Crippen molar-refractivity contribution in [1.82, 2.24) is 15.0 Å². The molecule has 0 bridgehead atoms. The van der Waals surface area contributed by atoms with E-state index in [0.29, 0.717) is 6.54 Å². The lowest BCUT2D eigenvalue weighted by Gasteiger charge is -2.05. The molecule has 7 heteroatoms. The minimum Gasteiger partial charge on any atom is -0.476 e. The molecular formula is C10H10N4O2S. The zero-order valence-corrected chi connectivity index (χ0v) is 9.86. The molecule has 0 unspecified atom stereocenters. The summed E-state index contributed by atoms with van der Waals surface area (Å²) < 4.78 is 0. The second-order valence-corrected chi connectivity index (χ2v) is 4.60. The van der Waals surface area contributed by atoms with Crippen LogP contribution in [0.15, 0.2) is 18.6 Å². The number of nitrogens with zero attached hydrogens (tertiary/aromatic N) is 3. The van der Waals surface area contributed by atoms with E-state index >= 15 is 0 Å². The number of hydrogen-bond acceptors (Lipinski definition) is 6. The second-order valence-electron chi connectivity index (χ2n) is 3.28. The lowest BCUT2D eigenvalue weighted by atomic mass is 10.4. The fourth-order valence-corrected chi connectivity index (χ4v) is 1.99. The number of carboxylic acids is 1. The van der Waals surface area contributed by atoms with Gasteiger partial charge in [0.25, 0.3) is 0 Å². The SMILES string of the molecule is Cc1cnc(CNc2nccnc2C(=O)O)s1. The number of hydrogen-bond donors (Lipinski definition) is 2. The second kappa shape index (κ2) is 4.88. The van der Waals surface area contributed by atoms with E-state index in [0.717, 1.165) is 9.88 Å². The zero-order chi connectivity index (χ0) is 12.3. The Labute approximate surface area is 101 Å². The van der Waals surface area contributed by atoms with E-state index in [1.165, 1.54) is 12.4 Å². The number of rotatable bonds is 4. The van der Waals surface area contributed by atoms with Gasteiger partial charge in [-0.25, -0.2) is 19.7 Å². The average Bonchev–Trinajstić information content (AvgIpc) is 2.73. The minimum absolute atomic E-state index is 0.0826. The lowest BCUT2D eigenvalue weighted by Crippen LogP contribution is -2.09. The number of anilines is 1. The van der Waals surface area contributed by atoms with Crippen LogP contribution in [0.25, 0.3) is 0 Å². The molecule has 0 spiro atoms. The van der Waals surface area contributed by atoms with Gasteiger partial charge in [0.15, 0.2) is 11.5 Å². The van der Waals surface area contributed by atoms with Crippen LogP contribution < -0.4 is 5.32 Å². The van der Waals surface area contributed by atoms with Gasteiger partial charge in [-0.15, -0.1) is 11.3 Å². The van der Waals surface area contributed by atoms with Crippen molar-refractivity contribution >= 4 is 23.1 Å².